The number of nitrogens with one attached hydrogen (secondary N) is 1. The third kappa shape index (κ3) is 3.62. The van der Waals surface area contributed by atoms with E-state index in [0.717, 1.165) is 16.6 Å². The molecule has 3 rings (SSSR count). The minimum Gasteiger partial charge on any atom is -0.327 e. The molecule has 0 spiro atoms. The lowest BCUT2D eigenvalue weighted by molar-refractivity contribution is -0.119. The number of hydrogen-bond donors (Lipinski definition) is 1. The largest absolute Gasteiger partial charge is 0.327 e. The fraction of sp³-hybridized carbons (Fsp3) is 0.222. The quantitative estimate of drug-likeness (QED) is 0.892. The van der Waals surface area contributed by atoms with Crippen molar-refractivity contribution < 1.29 is 9.59 Å². The Hall–Kier alpha value is -2.14. The van der Waals surface area contributed by atoms with Crippen LogP contribution in [0.1, 0.15) is 23.2 Å². The molecular formula is C18H17BrN2O2. The van der Waals surface area contributed by atoms with Crippen LogP contribution in [0.15, 0.2) is 59.1 Å². The molecule has 4 nitrogen and oxygen atoms in total. The number of halogens is 1. The zero-order chi connectivity index (χ0) is 16.2. The second-order valence-electron chi connectivity index (χ2n) is 5.52. The van der Waals surface area contributed by atoms with Gasteiger partial charge >= 0.3 is 0 Å². The predicted octanol–water partition coefficient (Wildman–Crippen LogP) is 3.69. The topological polar surface area (TPSA) is 49.4 Å². The van der Waals surface area contributed by atoms with Crippen molar-refractivity contribution in [1.82, 2.24) is 4.90 Å². The molecule has 1 aliphatic rings. The summed E-state index contributed by atoms with van der Waals surface area (Å²) in [6.07, 6.45) is 1.54. The molecule has 1 N–H and O–H groups in total. The third-order valence-corrected chi connectivity index (χ3v) is 4.48. The molecular weight excluding hydrogens is 356 g/mol. The standard InChI is InChI=1S/C18H17BrN2O2/c19-14-8-10-15(11-9-14)20-17(22)16-7-4-12-21(16)18(23)13-5-2-1-3-6-13/h1-3,5-6,8-11,16H,4,7,12H2,(H,20,22)/t16-/m0/s1. The monoisotopic (exact) mass is 372 g/mol. The minimum absolute atomic E-state index is 0.0842. The highest BCUT2D eigenvalue weighted by molar-refractivity contribution is 9.10. The number of hydrogen-bond acceptors (Lipinski definition) is 2. The van der Waals surface area contributed by atoms with Crippen molar-refractivity contribution in [3.63, 3.8) is 0 Å². The van der Waals surface area contributed by atoms with E-state index in [4.69, 9.17) is 0 Å². The summed E-state index contributed by atoms with van der Waals surface area (Å²) in [6.45, 7) is 0.617. The molecule has 1 heterocycles. The summed E-state index contributed by atoms with van der Waals surface area (Å²) in [7, 11) is 0. The number of carbonyl (C=O) groups excluding carboxylic acids is 2. The van der Waals surface area contributed by atoms with E-state index in [-0.39, 0.29) is 11.8 Å². The van der Waals surface area contributed by atoms with Gasteiger partial charge in [0.15, 0.2) is 0 Å². The van der Waals surface area contributed by atoms with Crippen molar-refractivity contribution in [2.75, 3.05) is 11.9 Å². The van der Waals surface area contributed by atoms with Crippen molar-refractivity contribution in [2.45, 2.75) is 18.9 Å². The molecule has 23 heavy (non-hydrogen) atoms. The maximum atomic E-state index is 12.6. The van der Waals surface area contributed by atoms with Gasteiger partial charge in [-0.05, 0) is 49.2 Å². The lowest BCUT2D eigenvalue weighted by Gasteiger charge is -2.24. The van der Waals surface area contributed by atoms with Crippen LogP contribution in [0.5, 0.6) is 0 Å². The van der Waals surface area contributed by atoms with E-state index in [2.05, 4.69) is 21.2 Å². The van der Waals surface area contributed by atoms with Crippen LogP contribution in [0.25, 0.3) is 0 Å². The summed E-state index contributed by atoms with van der Waals surface area (Å²) in [5.41, 5.74) is 1.35. The zero-order valence-corrected chi connectivity index (χ0v) is 14.1. The van der Waals surface area contributed by atoms with Gasteiger partial charge in [-0.1, -0.05) is 34.1 Å². The second kappa shape index (κ2) is 6.96. The molecule has 2 aromatic carbocycles. The fourth-order valence-corrected chi connectivity index (χ4v) is 3.05. The summed E-state index contributed by atoms with van der Waals surface area (Å²) in [5.74, 6) is -0.215. The maximum absolute atomic E-state index is 12.6. The van der Waals surface area contributed by atoms with Crippen LogP contribution in [0.3, 0.4) is 0 Å². The van der Waals surface area contributed by atoms with Gasteiger partial charge < -0.3 is 10.2 Å². The molecule has 1 fully saturated rings. The molecule has 5 heteroatoms. The van der Waals surface area contributed by atoms with Crippen molar-refractivity contribution in [1.29, 1.82) is 0 Å². The van der Waals surface area contributed by atoms with E-state index >= 15 is 0 Å². The average molecular weight is 373 g/mol. The van der Waals surface area contributed by atoms with Gasteiger partial charge in [0.05, 0.1) is 0 Å². The highest BCUT2D eigenvalue weighted by Gasteiger charge is 2.34. The van der Waals surface area contributed by atoms with Gasteiger partial charge in [0, 0.05) is 22.3 Å². The molecule has 0 aromatic heterocycles. The first-order valence-electron chi connectivity index (χ1n) is 7.57. The Kier molecular flexibility index (Phi) is 4.76. The van der Waals surface area contributed by atoms with Crippen molar-refractivity contribution in [3.8, 4) is 0 Å². The number of carbonyl (C=O) groups is 2. The van der Waals surface area contributed by atoms with Crippen LogP contribution in [-0.4, -0.2) is 29.3 Å². The molecule has 1 aliphatic heterocycles. The van der Waals surface area contributed by atoms with E-state index in [1.54, 1.807) is 17.0 Å². The molecule has 118 valence electrons. The Labute approximate surface area is 143 Å². The van der Waals surface area contributed by atoms with Gasteiger partial charge in [-0.15, -0.1) is 0 Å². The van der Waals surface area contributed by atoms with Gasteiger partial charge in [0.2, 0.25) is 5.91 Å². The summed E-state index contributed by atoms with van der Waals surface area (Å²) in [6, 6.07) is 16.1. The first kappa shape index (κ1) is 15.7. The van der Waals surface area contributed by atoms with Crippen molar-refractivity contribution >= 4 is 33.4 Å². The molecule has 0 bridgehead atoms. The Morgan fingerprint density at radius 3 is 2.43 bits per heavy atom. The smallest absolute Gasteiger partial charge is 0.254 e. The van der Waals surface area contributed by atoms with Crippen LogP contribution in [0, 0.1) is 0 Å². The molecule has 0 aliphatic carbocycles. The van der Waals surface area contributed by atoms with E-state index in [0.29, 0.717) is 18.5 Å². The normalized spacial score (nSPS) is 17.1. The molecule has 0 unspecified atom stereocenters. The summed E-state index contributed by atoms with van der Waals surface area (Å²) in [5, 5.41) is 2.89. The molecule has 1 atom stereocenters. The highest BCUT2D eigenvalue weighted by Crippen LogP contribution is 2.22. The number of rotatable bonds is 3. The summed E-state index contributed by atoms with van der Waals surface area (Å²) >= 11 is 3.37. The number of amides is 2. The number of nitrogens with zero attached hydrogens (tertiary/aromatic N) is 1. The number of anilines is 1. The van der Waals surface area contributed by atoms with Gasteiger partial charge in [0.25, 0.3) is 5.91 Å². The SMILES string of the molecule is O=C(Nc1ccc(Br)cc1)[C@@H]1CCCN1C(=O)c1ccccc1. The van der Waals surface area contributed by atoms with Crippen molar-refractivity contribution in [2.24, 2.45) is 0 Å². The lowest BCUT2D eigenvalue weighted by atomic mass is 10.1. The van der Waals surface area contributed by atoms with Crippen LogP contribution >= 0.6 is 15.9 Å². The average Bonchev–Trinajstić information content (AvgIpc) is 3.07. The fourth-order valence-electron chi connectivity index (χ4n) is 2.79. The van der Waals surface area contributed by atoms with E-state index < -0.39 is 6.04 Å². The van der Waals surface area contributed by atoms with Crippen LogP contribution in [-0.2, 0) is 4.79 Å². The van der Waals surface area contributed by atoms with Crippen molar-refractivity contribution in [3.05, 3.63) is 64.6 Å². The predicted molar refractivity (Wildman–Crippen MR) is 93.3 cm³/mol. The lowest BCUT2D eigenvalue weighted by Crippen LogP contribution is -2.43. The summed E-state index contributed by atoms with van der Waals surface area (Å²) in [4.78, 5) is 26.8. The first-order chi connectivity index (χ1) is 11.1. The second-order valence-corrected chi connectivity index (χ2v) is 6.43. The van der Waals surface area contributed by atoms with E-state index in [9.17, 15) is 9.59 Å². The molecule has 1 saturated heterocycles. The Balaban J connectivity index is 1.72. The number of benzene rings is 2. The highest BCUT2D eigenvalue weighted by atomic mass is 79.9. The Morgan fingerprint density at radius 2 is 1.74 bits per heavy atom. The molecule has 0 radical (unpaired) electrons. The zero-order valence-electron chi connectivity index (χ0n) is 12.5. The van der Waals surface area contributed by atoms with Crippen LogP contribution < -0.4 is 5.32 Å². The van der Waals surface area contributed by atoms with Gasteiger partial charge in [-0.2, -0.15) is 0 Å². The van der Waals surface area contributed by atoms with Crippen LogP contribution in [0.2, 0.25) is 0 Å². The van der Waals surface area contributed by atoms with Gasteiger partial charge in [-0.25, -0.2) is 0 Å². The molecule has 0 saturated carbocycles. The number of likely N-dealkylation sites (tertiary alicyclic amines) is 1. The Bertz CT molecular complexity index is 701. The first-order valence-corrected chi connectivity index (χ1v) is 8.37. The summed E-state index contributed by atoms with van der Waals surface area (Å²) < 4.78 is 0.956. The Morgan fingerprint density at radius 1 is 1.04 bits per heavy atom. The van der Waals surface area contributed by atoms with E-state index in [1.807, 2.05) is 42.5 Å². The van der Waals surface area contributed by atoms with E-state index in [1.165, 1.54) is 0 Å². The minimum atomic E-state index is -0.411. The molecule has 2 amide bonds. The van der Waals surface area contributed by atoms with Gasteiger partial charge in [0.1, 0.15) is 6.04 Å². The van der Waals surface area contributed by atoms with Crippen LogP contribution in [0.4, 0.5) is 5.69 Å². The third-order valence-electron chi connectivity index (χ3n) is 3.95. The maximum Gasteiger partial charge on any atom is 0.254 e. The molecule has 2 aromatic rings. The van der Waals surface area contributed by atoms with Gasteiger partial charge in [-0.3, -0.25) is 9.59 Å².